The van der Waals surface area contributed by atoms with Crippen molar-refractivity contribution in [3.63, 3.8) is 0 Å². The molecule has 4 aliphatic rings. The Morgan fingerprint density at radius 3 is 2.49 bits per heavy atom. The highest BCUT2D eigenvalue weighted by Crippen LogP contribution is 2.33. The minimum absolute atomic E-state index is 0.138. The van der Waals surface area contributed by atoms with E-state index in [1.54, 1.807) is 6.08 Å². The van der Waals surface area contributed by atoms with Gasteiger partial charge >= 0.3 is 6.09 Å². The molecule has 13 heteroatoms. The number of rotatable bonds is 16. The number of alkyl carbamates (subject to hydrolysis) is 1. The number of hydrogen-bond acceptors (Lipinski definition) is 8. The van der Waals surface area contributed by atoms with Crippen LogP contribution in [-0.4, -0.2) is 75.2 Å². The summed E-state index contributed by atoms with van der Waals surface area (Å²) in [5, 5.41) is 5.86. The molecule has 0 spiro atoms. The molecular formula is C40H58N6O6S. The SMILES string of the molecule is C1CCCC1.C=C[C@H](C)C(NC(=O)C1CCCN1C(=O)CNC(=O)O[C@@H]1CCCC1CCCCCc1nc2ccccc2[nH]c1=O)C(=O)NSC1CC1. The molecule has 1 aliphatic heterocycles. The van der Waals surface area contributed by atoms with Crippen molar-refractivity contribution >= 4 is 46.8 Å². The van der Waals surface area contributed by atoms with E-state index in [1.165, 1.54) is 49.0 Å². The second-order valence-corrected chi connectivity index (χ2v) is 16.1. The molecule has 53 heavy (non-hydrogen) atoms. The van der Waals surface area contributed by atoms with Crippen LogP contribution in [0.15, 0.2) is 41.7 Å². The third-order valence-corrected chi connectivity index (χ3v) is 12.0. The standard InChI is InChI=1S/C35H48N6O6S.C5H10/c1-3-22(2)31(34(45)40-48-24-18-19-24)39-33(44)28-16-10-20-41(28)30(42)21-36-35(46)47-29-17-9-12-23(29)11-5-4-6-15-27-32(43)38-26-14-8-7-13-25(26)37-27;1-2-4-5-3-1/h3,7-8,13-14,22-24,28-29,31H,1,4-6,9-12,15-21H2,2H3,(H,36,46)(H,38,43)(H,39,44)(H,40,45);1-5H2/t22-,23?,28?,29+,31?;/m0./s1. The van der Waals surface area contributed by atoms with Crippen LogP contribution in [-0.2, 0) is 25.5 Å². The molecule has 0 bridgehead atoms. The fraction of sp³-hybridized carbons (Fsp3) is 0.650. The van der Waals surface area contributed by atoms with E-state index in [0.717, 1.165) is 68.8 Å². The van der Waals surface area contributed by atoms with Gasteiger partial charge in [-0.15, -0.1) is 6.58 Å². The van der Waals surface area contributed by atoms with E-state index < -0.39 is 18.2 Å². The molecule has 1 aromatic heterocycles. The lowest BCUT2D eigenvalue weighted by Crippen LogP contribution is -2.55. The lowest BCUT2D eigenvalue weighted by atomic mass is 9.97. The third kappa shape index (κ3) is 12.3. The summed E-state index contributed by atoms with van der Waals surface area (Å²) in [6.07, 6.45) is 18.6. The van der Waals surface area contributed by atoms with E-state index in [0.29, 0.717) is 36.8 Å². The van der Waals surface area contributed by atoms with E-state index in [-0.39, 0.29) is 47.8 Å². The molecule has 4 amide bonds. The number of aromatic nitrogens is 2. The number of nitrogens with one attached hydrogen (secondary N) is 4. The van der Waals surface area contributed by atoms with Crippen molar-refractivity contribution < 1.29 is 23.9 Å². The molecule has 0 radical (unpaired) electrons. The van der Waals surface area contributed by atoms with Gasteiger partial charge in [-0.25, -0.2) is 9.78 Å². The highest BCUT2D eigenvalue weighted by Gasteiger charge is 2.37. The highest BCUT2D eigenvalue weighted by molar-refractivity contribution is 7.98. The fourth-order valence-electron chi connectivity index (χ4n) is 7.46. The monoisotopic (exact) mass is 750 g/mol. The van der Waals surface area contributed by atoms with Gasteiger partial charge in [0.05, 0.1) is 11.0 Å². The predicted molar refractivity (Wildman–Crippen MR) is 208 cm³/mol. The second kappa shape index (κ2) is 20.5. The Labute approximate surface area is 317 Å². The molecule has 4 N–H and O–H groups in total. The lowest BCUT2D eigenvalue weighted by Gasteiger charge is -2.28. The fourth-order valence-corrected chi connectivity index (χ4v) is 8.24. The van der Waals surface area contributed by atoms with Crippen LogP contribution < -0.4 is 20.9 Å². The largest absolute Gasteiger partial charge is 0.446 e. The van der Waals surface area contributed by atoms with E-state index >= 15 is 0 Å². The van der Waals surface area contributed by atoms with Crippen molar-refractivity contribution in [1.82, 2.24) is 30.2 Å². The van der Waals surface area contributed by atoms with Gasteiger partial charge in [0, 0.05) is 17.7 Å². The number of likely N-dealkylation sites (tertiary alicyclic amines) is 1. The Hall–Kier alpha value is -3.87. The Kier molecular flexibility index (Phi) is 15.6. The number of amides is 4. The lowest BCUT2D eigenvalue weighted by molar-refractivity contribution is -0.139. The number of carbonyl (C=O) groups is 4. The number of hydrogen-bond donors (Lipinski definition) is 4. The van der Waals surface area contributed by atoms with E-state index in [1.807, 2.05) is 31.2 Å². The first-order chi connectivity index (χ1) is 25.7. The molecule has 3 saturated carbocycles. The molecule has 2 aromatic rings. The van der Waals surface area contributed by atoms with Crippen LogP contribution in [0.1, 0.15) is 115 Å². The highest BCUT2D eigenvalue weighted by atomic mass is 32.2. The Bertz CT molecular complexity index is 1600. The van der Waals surface area contributed by atoms with E-state index in [9.17, 15) is 24.0 Å². The molecule has 3 unspecified atom stereocenters. The Morgan fingerprint density at radius 1 is 1.00 bits per heavy atom. The number of nitrogens with zero attached hydrogens (tertiary/aromatic N) is 2. The maximum atomic E-state index is 13.3. The number of unbranched alkanes of at least 4 members (excludes halogenated alkanes) is 2. The summed E-state index contributed by atoms with van der Waals surface area (Å²) in [6.45, 7) is 5.72. The van der Waals surface area contributed by atoms with Gasteiger partial charge in [-0.2, -0.15) is 0 Å². The first kappa shape index (κ1) is 40.3. The molecule has 4 fully saturated rings. The first-order valence-electron chi connectivity index (χ1n) is 19.8. The minimum atomic E-state index is -0.794. The smallest absolute Gasteiger partial charge is 0.407 e. The molecule has 1 saturated heterocycles. The number of benzene rings is 1. The second-order valence-electron chi connectivity index (χ2n) is 15.0. The molecule has 1 aromatic carbocycles. The van der Waals surface area contributed by atoms with Crippen LogP contribution in [0, 0.1) is 11.8 Å². The molecule has 6 rings (SSSR count). The van der Waals surface area contributed by atoms with Gasteiger partial charge in [-0.05, 0) is 94.2 Å². The number of fused-ring (bicyclic) bond motifs is 1. The van der Waals surface area contributed by atoms with Crippen LogP contribution in [0.2, 0.25) is 0 Å². The number of ether oxygens (including phenoxy) is 1. The number of para-hydroxylation sites is 2. The summed E-state index contributed by atoms with van der Waals surface area (Å²) in [5.41, 5.74) is 1.94. The Balaban J connectivity index is 0.000000998. The van der Waals surface area contributed by atoms with E-state index in [4.69, 9.17) is 4.74 Å². The molecule has 3 aliphatic carbocycles. The van der Waals surface area contributed by atoms with Crippen LogP contribution in [0.5, 0.6) is 0 Å². The van der Waals surface area contributed by atoms with E-state index in [2.05, 4.69) is 31.9 Å². The van der Waals surface area contributed by atoms with Crippen LogP contribution in [0.25, 0.3) is 11.0 Å². The maximum absolute atomic E-state index is 13.3. The van der Waals surface area contributed by atoms with Gasteiger partial charge in [0.2, 0.25) is 11.8 Å². The van der Waals surface area contributed by atoms with Crippen LogP contribution in [0.4, 0.5) is 4.79 Å². The van der Waals surface area contributed by atoms with Gasteiger partial charge in [0.25, 0.3) is 11.5 Å². The Morgan fingerprint density at radius 2 is 1.75 bits per heavy atom. The molecular weight excluding hydrogens is 693 g/mol. The van der Waals surface area contributed by atoms with Crippen molar-refractivity contribution in [3.8, 4) is 0 Å². The minimum Gasteiger partial charge on any atom is -0.446 e. The molecule has 2 heterocycles. The molecule has 290 valence electrons. The van der Waals surface area contributed by atoms with Gasteiger partial charge in [-0.3, -0.25) is 23.9 Å². The summed E-state index contributed by atoms with van der Waals surface area (Å²) in [6, 6.07) is 6.00. The van der Waals surface area contributed by atoms with Crippen LogP contribution in [0.3, 0.4) is 0 Å². The van der Waals surface area contributed by atoms with Crippen molar-refractivity contribution in [3.05, 3.63) is 53.0 Å². The zero-order valence-electron chi connectivity index (χ0n) is 31.2. The first-order valence-corrected chi connectivity index (χ1v) is 20.7. The van der Waals surface area contributed by atoms with Gasteiger partial charge in [0.15, 0.2) is 0 Å². The van der Waals surface area contributed by atoms with Crippen molar-refractivity contribution in [1.29, 1.82) is 0 Å². The van der Waals surface area contributed by atoms with Crippen LogP contribution >= 0.6 is 11.9 Å². The molecule has 12 nitrogen and oxygen atoms in total. The maximum Gasteiger partial charge on any atom is 0.407 e. The zero-order valence-corrected chi connectivity index (χ0v) is 32.1. The number of aryl methyl sites for hydroxylation is 1. The third-order valence-electron chi connectivity index (χ3n) is 10.8. The normalized spacial score (nSPS) is 22.0. The number of carbonyl (C=O) groups excluding carboxylic acids is 4. The van der Waals surface area contributed by atoms with Crippen molar-refractivity contribution in [2.75, 3.05) is 13.1 Å². The topological polar surface area (TPSA) is 163 Å². The van der Waals surface area contributed by atoms with Crippen molar-refractivity contribution in [2.24, 2.45) is 11.8 Å². The van der Waals surface area contributed by atoms with Gasteiger partial charge in [0.1, 0.15) is 30.4 Å². The quantitative estimate of drug-likeness (QED) is 0.0910. The van der Waals surface area contributed by atoms with Crippen molar-refractivity contribution in [2.45, 2.75) is 140 Å². The summed E-state index contributed by atoms with van der Waals surface area (Å²) < 4.78 is 8.59. The average molecular weight is 751 g/mol. The summed E-state index contributed by atoms with van der Waals surface area (Å²) in [5.74, 6) is -1.08. The zero-order chi connectivity index (χ0) is 37.6. The average Bonchev–Trinajstić information content (AvgIpc) is 3.54. The van der Waals surface area contributed by atoms with Gasteiger partial charge in [-0.1, -0.05) is 70.1 Å². The predicted octanol–water partition coefficient (Wildman–Crippen LogP) is 6.10. The number of H-pyrrole nitrogens is 1. The summed E-state index contributed by atoms with van der Waals surface area (Å²) in [7, 11) is 0. The summed E-state index contributed by atoms with van der Waals surface area (Å²) >= 11 is 1.38. The summed E-state index contributed by atoms with van der Waals surface area (Å²) in [4.78, 5) is 73.2. The van der Waals surface area contributed by atoms with Gasteiger partial charge < -0.3 is 25.3 Å². The number of aromatic amines is 1. The molecule has 5 atom stereocenters.